The zero-order chi connectivity index (χ0) is 19.2. The molecule has 2 heterocycles. The van der Waals surface area contributed by atoms with E-state index in [1.54, 1.807) is 11.3 Å². The second-order valence-electron chi connectivity index (χ2n) is 6.89. The molecule has 27 heavy (non-hydrogen) atoms. The highest BCUT2D eigenvalue weighted by Gasteiger charge is 2.16. The Bertz CT molecular complexity index is 741. The number of halogens is 1. The van der Waals surface area contributed by atoms with Gasteiger partial charge in [0.1, 0.15) is 0 Å². The van der Waals surface area contributed by atoms with E-state index in [4.69, 9.17) is 11.6 Å². The topological polar surface area (TPSA) is 38.8 Å². The number of hydrogen-bond donors (Lipinski definition) is 1. The van der Waals surface area contributed by atoms with Crippen molar-refractivity contribution in [3.8, 4) is 0 Å². The average molecular weight is 407 g/mol. The highest BCUT2D eigenvalue weighted by molar-refractivity contribution is 7.16. The lowest BCUT2D eigenvalue weighted by molar-refractivity contribution is -0.117. The molecule has 3 rings (SSSR count). The van der Waals surface area contributed by atoms with Gasteiger partial charge >= 0.3 is 0 Å². The highest BCUT2D eigenvalue weighted by Crippen LogP contribution is 2.22. The number of nitrogens with zero attached hydrogens (tertiary/aromatic N) is 3. The van der Waals surface area contributed by atoms with E-state index in [-0.39, 0.29) is 5.91 Å². The van der Waals surface area contributed by atoms with Crippen LogP contribution >= 0.6 is 22.9 Å². The fraction of sp³-hybridized carbons (Fsp3) is 0.450. The summed E-state index contributed by atoms with van der Waals surface area (Å²) in [7, 11) is 1.94. The van der Waals surface area contributed by atoms with Gasteiger partial charge in [0, 0.05) is 49.0 Å². The maximum Gasteiger partial charge on any atom is 0.238 e. The van der Waals surface area contributed by atoms with Gasteiger partial charge < -0.3 is 15.1 Å². The summed E-state index contributed by atoms with van der Waals surface area (Å²) < 4.78 is 0.777. The second kappa shape index (κ2) is 9.55. The summed E-state index contributed by atoms with van der Waals surface area (Å²) in [4.78, 5) is 20.3. The largest absolute Gasteiger partial charge is 0.369 e. The van der Waals surface area contributed by atoms with E-state index in [0.29, 0.717) is 13.1 Å². The van der Waals surface area contributed by atoms with Gasteiger partial charge in [-0.25, -0.2) is 0 Å². The molecule has 0 saturated carbocycles. The van der Waals surface area contributed by atoms with Crippen molar-refractivity contribution in [3.63, 3.8) is 0 Å². The third-order valence-electron chi connectivity index (χ3n) is 4.80. The minimum absolute atomic E-state index is 0.00976. The van der Waals surface area contributed by atoms with Crippen LogP contribution in [0.5, 0.6) is 0 Å². The van der Waals surface area contributed by atoms with E-state index in [0.717, 1.165) is 47.6 Å². The SMILES string of the molecule is CCN1CCN(c2ccc(NC(=O)CN(C)Cc3ccc(Cl)s3)cc2)CC1. The van der Waals surface area contributed by atoms with Gasteiger partial charge in [-0.2, -0.15) is 0 Å². The summed E-state index contributed by atoms with van der Waals surface area (Å²) in [6.45, 7) is 8.71. The lowest BCUT2D eigenvalue weighted by Crippen LogP contribution is -2.46. The molecule has 0 spiro atoms. The predicted octanol–water partition coefficient (Wildman–Crippen LogP) is 3.61. The number of piperazine rings is 1. The van der Waals surface area contributed by atoms with E-state index in [1.165, 1.54) is 5.69 Å². The van der Waals surface area contributed by atoms with Crippen LogP contribution in [0.2, 0.25) is 4.34 Å². The summed E-state index contributed by atoms with van der Waals surface area (Å²) in [5.41, 5.74) is 2.05. The van der Waals surface area contributed by atoms with Crippen LogP contribution in [0.3, 0.4) is 0 Å². The number of nitrogens with one attached hydrogen (secondary N) is 1. The molecule has 1 aromatic carbocycles. The summed E-state index contributed by atoms with van der Waals surface area (Å²) >= 11 is 7.50. The first kappa shape index (κ1) is 20.1. The van der Waals surface area contributed by atoms with Crippen LogP contribution in [-0.2, 0) is 11.3 Å². The number of benzene rings is 1. The molecule has 0 radical (unpaired) electrons. The maximum atomic E-state index is 12.3. The summed E-state index contributed by atoms with van der Waals surface area (Å²) in [5.74, 6) is -0.00976. The first-order chi connectivity index (χ1) is 13.0. The van der Waals surface area contributed by atoms with Crippen LogP contribution < -0.4 is 10.2 Å². The number of rotatable bonds is 7. The average Bonchev–Trinajstić information content (AvgIpc) is 3.07. The summed E-state index contributed by atoms with van der Waals surface area (Å²) in [6, 6.07) is 12.0. The van der Waals surface area contributed by atoms with Gasteiger partial charge in [0.2, 0.25) is 5.91 Å². The number of thiophene rings is 1. The molecule has 1 aliphatic heterocycles. The Hall–Kier alpha value is -1.60. The molecular weight excluding hydrogens is 380 g/mol. The van der Waals surface area contributed by atoms with Crippen molar-refractivity contribution in [1.29, 1.82) is 0 Å². The number of likely N-dealkylation sites (N-methyl/N-ethyl adjacent to an activating group) is 2. The second-order valence-corrected chi connectivity index (χ2v) is 8.69. The Morgan fingerprint density at radius 1 is 1.15 bits per heavy atom. The number of carbonyl (C=O) groups excluding carboxylic acids is 1. The third kappa shape index (κ3) is 5.94. The van der Waals surface area contributed by atoms with Gasteiger partial charge in [-0.3, -0.25) is 9.69 Å². The first-order valence-corrected chi connectivity index (χ1v) is 10.5. The lowest BCUT2D eigenvalue weighted by Gasteiger charge is -2.35. The monoisotopic (exact) mass is 406 g/mol. The van der Waals surface area contributed by atoms with Crippen molar-refractivity contribution in [1.82, 2.24) is 9.80 Å². The number of amides is 1. The van der Waals surface area contributed by atoms with Gasteiger partial charge in [0.25, 0.3) is 0 Å². The smallest absolute Gasteiger partial charge is 0.238 e. The number of carbonyl (C=O) groups is 1. The molecule has 1 fully saturated rings. The number of anilines is 2. The Morgan fingerprint density at radius 2 is 1.85 bits per heavy atom. The van der Waals surface area contributed by atoms with Crippen molar-refractivity contribution in [2.75, 3.05) is 56.5 Å². The molecule has 1 aromatic heterocycles. The zero-order valence-corrected chi connectivity index (χ0v) is 17.5. The molecule has 0 atom stereocenters. The molecule has 2 aromatic rings. The van der Waals surface area contributed by atoms with Gasteiger partial charge in [0.05, 0.1) is 10.9 Å². The van der Waals surface area contributed by atoms with Crippen molar-refractivity contribution in [2.45, 2.75) is 13.5 Å². The van der Waals surface area contributed by atoms with E-state index >= 15 is 0 Å². The molecule has 0 unspecified atom stereocenters. The minimum atomic E-state index is -0.00976. The number of hydrogen-bond acceptors (Lipinski definition) is 5. The lowest BCUT2D eigenvalue weighted by atomic mass is 10.2. The van der Waals surface area contributed by atoms with Crippen LogP contribution in [-0.4, -0.2) is 62.0 Å². The molecule has 1 aliphatic rings. The van der Waals surface area contributed by atoms with Crippen LogP contribution in [0, 0.1) is 0 Å². The van der Waals surface area contributed by atoms with Crippen molar-refractivity contribution in [3.05, 3.63) is 45.6 Å². The molecule has 0 aliphatic carbocycles. The molecule has 1 saturated heterocycles. The van der Waals surface area contributed by atoms with Crippen LogP contribution in [0.15, 0.2) is 36.4 Å². The van der Waals surface area contributed by atoms with Crippen molar-refractivity contribution < 1.29 is 4.79 Å². The van der Waals surface area contributed by atoms with Gasteiger partial charge in [0.15, 0.2) is 0 Å². The van der Waals surface area contributed by atoms with Gasteiger partial charge in [-0.1, -0.05) is 18.5 Å². The molecule has 146 valence electrons. The predicted molar refractivity (Wildman–Crippen MR) is 115 cm³/mol. The van der Waals surface area contributed by atoms with E-state index < -0.39 is 0 Å². The summed E-state index contributed by atoms with van der Waals surface area (Å²) in [5, 5.41) is 2.98. The molecule has 5 nitrogen and oxygen atoms in total. The Kier molecular flexibility index (Phi) is 7.13. The fourth-order valence-corrected chi connectivity index (χ4v) is 4.45. The zero-order valence-electron chi connectivity index (χ0n) is 15.9. The highest BCUT2D eigenvalue weighted by atomic mass is 35.5. The standard InChI is InChI=1S/C20H27ClN4OS/c1-3-24-10-12-25(13-11-24)17-6-4-16(5-7-17)22-20(26)15-23(2)14-18-8-9-19(21)27-18/h4-9H,3,10-15H2,1-2H3,(H,22,26). The fourth-order valence-electron chi connectivity index (χ4n) is 3.28. The van der Waals surface area contributed by atoms with Crippen LogP contribution in [0.1, 0.15) is 11.8 Å². The Morgan fingerprint density at radius 3 is 2.44 bits per heavy atom. The summed E-state index contributed by atoms with van der Waals surface area (Å²) in [6.07, 6.45) is 0. The van der Waals surface area contributed by atoms with E-state index in [9.17, 15) is 4.79 Å². The van der Waals surface area contributed by atoms with Crippen molar-refractivity contribution >= 4 is 40.2 Å². The molecular formula is C20H27ClN4OS. The van der Waals surface area contributed by atoms with Crippen LogP contribution in [0.25, 0.3) is 0 Å². The molecule has 0 bridgehead atoms. The quantitative estimate of drug-likeness (QED) is 0.762. The minimum Gasteiger partial charge on any atom is -0.369 e. The van der Waals surface area contributed by atoms with Crippen molar-refractivity contribution in [2.24, 2.45) is 0 Å². The van der Waals surface area contributed by atoms with E-state index in [1.807, 2.05) is 36.2 Å². The maximum absolute atomic E-state index is 12.3. The molecule has 1 N–H and O–H groups in total. The Labute approximate surface area is 170 Å². The molecule has 1 amide bonds. The molecule has 7 heteroatoms. The third-order valence-corrected chi connectivity index (χ3v) is 6.02. The van der Waals surface area contributed by atoms with Crippen LogP contribution in [0.4, 0.5) is 11.4 Å². The van der Waals surface area contributed by atoms with Gasteiger partial charge in [-0.05, 0) is 50.0 Å². The normalized spacial score (nSPS) is 15.3. The van der Waals surface area contributed by atoms with Gasteiger partial charge in [-0.15, -0.1) is 11.3 Å². The Balaban J connectivity index is 1.47. The first-order valence-electron chi connectivity index (χ1n) is 9.33. The van der Waals surface area contributed by atoms with E-state index in [2.05, 4.69) is 34.2 Å².